The molecule has 0 saturated heterocycles. The zero-order valence-electron chi connectivity index (χ0n) is 10.3. The van der Waals surface area contributed by atoms with Gasteiger partial charge in [-0.25, -0.2) is 0 Å². The van der Waals surface area contributed by atoms with Gasteiger partial charge in [0.1, 0.15) is 0 Å². The van der Waals surface area contributed by atoms with E-state index < -0.39 is 0 Å². The third kappa shape index (κ3) is 3.86. The summed E-state index contributed by atoms with van der Waals surface area (Å²) in [4.78, 5) is 11.6. The summed E-state index contributed by atoms with van der Waals surface area (Å²) in [6.07, 6.45) is 0. The first-order valence-electron chi connectivity index (χ1n) is 5.78. The lowest BCUT2D eigenvalue weighted by Gasteiger charge is -2.11. The van der Waals surface area contributed by atoms with Gasteiger partial charge in [0.15, 0.2) is 0 Å². The second-order valence-corrected chi connectivity index (χ2v) is 6.67. The number of nitrogens with one attached hydrogen (secondary N) is 1. The molecular weight excluding hydrogens is 328 g/mol. The van der Waals surface area contributed by atoms with Crippen LogP contribution in [0.25, 0.3) is 0 Å². The summed E-state index contributed by atoms with van der Waals surface area (Å²) < 4.78 is 1.10. The predicted molar refractivity (Wildman–Crippen MR) is 80.4 cm³/mol. The minimum atomic E-state index is -0.372. The highest BCUT2D eigenvalue weighted by Crippen LogP contribution is 2.27. The fourth-order valence-corrected chi connectivity index (χ4v) is 3.16. The van der Waals surface area contributed by atoms with Gasteiger partial charge >= 0.3 is 0 Å². The van der Waals surface area contributed by atoms with Gasteiger partial charge in [-0.15, -0.1) is 11.3 Å². The Kier molecular flexibility index (Phi) is 4.68. The fraction of sp³-hybridized carbons (Fsp3) is 0.231. The standard InChI is InChI=1S/C13H13BrN2O2S/c1-9(12-5-6-13(14)19-12)15-8-10-3-2-4-11(7-10)16(17)18/h2-7,9,15H,8H2,1H3. The van der Waals surface area contributed by atoms with Crippen molar-refractivity contribution < 1.29 is 4.92 Å². The quantitative estimate of drug-likeness (QED) is 0.653. The van der Waals surface area contributed by atoms with Crippen molar-refractivity contribution in [2.45, 2.75) is 19.5 Å². The third-order valence-electron chi connectivity index (χ3n) is 2.75. The Hall–Kier alpha value is -1.24. The van der Waals surface area contributed by atoms with Gasteiger partial charge in [-0.05, 0) is 40.5 Å². The van der Waals surface area contributed by atoms with Gasteiger partial charge < -0.3 is 5.32 Å². The van der Waals surface area contributed by atoms with Gasteiger partial charge in [0.05, 0.1) is 8.71 Å². The molecular formula is C13H13BrN2O2S. The van der Waals surface area contributed by atoms with E-state index >= 15 is 0 Å². The smallest absolute Gasteiger partial charge is 0.269 e. The van der Waals surface area contributed by atoms with Crippen LogP contribution in [0.4, 0.5) is 5.69 Å². The Labute approximate surface area is 123 Å². The maximum Gasteiger partial charge on any atom is 0.269 e. The molecule has 0 saturated carbocycles. The van der Waals surface area contributed by atoms with Crippen LogP contribution in [0.2, 0.25) is 0 Å². The molecule has 1 N–H and O–H groups in total. The molecule has 0 bridgehead atoms. The largest absolute Gasteiger partial charge is 0.305 e. The first-order chi connectivity index (χ1) is 9.06. The molecule has 4 nitrogen and oxygen atoms in total. The number of nitro benzene ring substituents is 1. The highest BCUT2D eigenvalue weighted by atomic mass is 79.9. The second-order valence-electron chi connectivity index (χ2n) is 4.17. The highest BCUT2D eigenvalue weighted by molar-refractivity contribution is 9.11. The first kappa shape index (κ1) is 14.2. The Morgan fingerprint density at radius 1 is 1.42 bits per heavy atom. The van der Waals surface area contributed by atoms with E-state index in [0.29, 0.717) is 6.54 Å². The van der Waals surface area contributed by atoms with Crippen molar-refractivity contribution in [1.29, 1.82) is 0 Å². The highest BCUT2D eigenvalue weighted by Gasteiger charge is 2.09. The number of hydrogen-bond donors (Lipinski definition) is 1. The van der Waals surface area contributed by atoms with Crippen LogP contribution in [0.5, 0.6) is 0 Å². The van der Waals surface area contributed by atoms with E-state index in [1.165, 1.54) is 10.9 Å². The predicted octanol–water partition coefficient (Wildman–Crippen LogP) is 4.27. The molecule has 1 unspecified atom stereocenters. The van der Waals surface area contributed by atoms with Crippen molar-refractivity contribution in [3.63, 3.8) is 0 Å². The molecule has 1 aromatic carbocycles. The van der Waals surface area contributed by atoms with Crippen LogP contribution in [-0.4, -0.2) is 4.92 Å². The topological polar surface area (TPSA) is 55.2 Å². The third-order valence-corrected chi connectivity index (χ3v) is 4.56. The summed E-state index contributed by atoms with van der Waals surface area (Å²) >= 11 is 5.12. The summed E-state index contributed by atoms with van der Waals surface area (Å²) in [5.74, 6) is 0. The van der Waals surface area contributed by atoms with E-state index in [1.54, 1.807) is 23.5 Å². The molecule has 0 radical (unpaired) electrons. The number of halogens is 1. The van der Waals surface area contributed by atoms with E-state index in [-0.39, 0.29) is 16.7 Å². The molecule has 1 atom stereocenters. The monoisotopic (exact) mass is 340 g/mol. The molecule has 0 aliphatic rings. The number of thiophene rings is 1. The van der Waals surface area contributed by atoms with Gasteiger partial charge in [-0.1, -0.05) is 12.1 Å². The van der Waals surface area contributed by atoms with Crippen molar-refractivity contribution in [2.24, 2.45) is 0 Å². The van der Waals surface area contributed by atoms with E-state index in [1.807, 2.05) is 12.1 Å². The molecule has 1 aromatic heterocycles. The van der Waals surface area contributed by atoms with Crippen LogP contribution < -0.4 is 5.32 Å². The Morgan fingerprint density at radius 2 is 2.21 bits per heavy atom. The summed E-state index contributed by atoms with van der Waals surface area (Å²) in [6.45, 7) is 2.69. The number of benzene rings is 1. The zero-order valence-corrected chi connectivity index (χ0v) is 12.7. The number of nitrogens with zero attached hydrogens (tertiary/aromatic N) is 1. The summed E-state index contributed by atoms with van der Waals surface area (Å²) in [6, 6.07) is 11.0. The van der Waals surface area contributed by atoms with Crippen molar-refractivity contribution in [3.05, 3.63) is 60.7 Å². The average Bonchev–Trinajstić information content (AvgIpc) is 2.83. The molecule has 2 aromatic rings. The SMILES string of the molecule is CC(NCc1cccc([N+](=O)[O-])c1)c1ccc(Br)s1. The van der Waals surface area contributed by atoms with Gasteiger partial charge in [0.2, 0.25) is 0 Å². The molecule has 0 fully saturated rings. The zero-order chi connectivity index (χ0) is 13.8. The van der Waals surface area contributed by atoms with E-state index in [9.17, 15) is 10.1 Å². The normalized spacial score (nSPS) is 12.3. The Morgan fingerprint density at radius 3 is 2.84 bits per heavy atom. The fourth-order valence-electron chi connectivity index (χ4n) is 1.71. The van der Waals surface area contributed by atoms with Crippen molar-refractivity contribution in [3.8, 4) is 0 Å². The molecule has 0 aliphatic carbocycles. The van der Waals surface area contributed by atoms with Crippen LogP contribution in [0.15, 0.2) is 40.2 Å². The number of hydrogen-bond acceptors (Lipinski definition) is 4. The molecule has 0 spiro atoms. The minimum absolute atomic E-state index is 0.130. The molecule has 0 amide bonds. The second kappa shape index (κ2) is 6.27. The van der Waals surface area contributed by atoms with Crippen LogP contribution in [-0.2, 0) is 6.54 Å². The maximum atomic E-state index is 10.7. The van der Waals surface area contributed by atoms with Crippen molar-refractivity contribution in [1.82, 2.24) is 5.32 Å². The van der Waals surface area contributed by atoms with Gasteiger partial charge in [-0.3, -0.25) is 10.1 Å². The lowest BCUT2D eigenvalue weighted by atomic mass is 10.2. The Bertz CT molecular complexity index is 586. The van der Waals surface area contributed by atoms with Crippen LogP contribution in [0.1, 0.15) is 23.4 Å². The molecule has 6 heteroatoms. The lowest BCUT2D eigenvalue weighted by molar-refractivity contribution is -0.384. The Balaban J connectivity index is 1.98. The minimum Gasteiger partial charge on any atom is -0.305 e. The van der Waals surface area contributed by atoms with E-state index in [0.717, 1.165) is 9.35 Å². The molecule has 100 valence electrons. The maximum absolute atomic E-state index is 10.7. The number of rotatable bonds is 5. The van der Waals surface area contributed by atoms with Crippen LogP contribution >= 0.6 is 27.3 Å². The number of nitro groups is 1. The lowest BCUT2D eigenvalue weighted by Crippen LogP contribution is -2.17. The van der Waals surface area contributed by atoms with Gasteiger partial charge in [0, 0.05) is 29.6 Å². The van der Waals surface area contributed by atoms with Crippen LogP contribution in [0.3, 0.4) is 0 Å². The average molecular weight is 341 g/mol. The molecule has 0 aliphatic heterocycles. The van der Waals surface area contributed by atoms with Crippen molar-refractivity contribution in [2.75, 3.05) is 0 Å². The van der Waals surface area contributed by atoms with E-state index in [2.05, 4.69) is 34.2 Å². The van der Waals surface area contributed by atoms with Crippen LogP contribution in [0, 0.1) is 10.1 Å². The molecule has 2 rings (SSSR count). The van der Waals surface area contributed by atoms with E-state index in [4.69, 9.17) is 0 Å². The summed E-state index contributed by atoms with van der Waals surface area (Å²) in [5.41, 5.74) is 1.04. The summed E-state index contributed by atoms with van der Waals surface area (Å²) in [5, 5.41) is 14.1. The van der Waals surface area contributed by atoms with Crippen molar-refractivity contribution >= 4 is 33.0 Å². The first-order valence-corrected chi connectivity index (χ1v) is 7.39. The summed E-state index contributed by atoms with van der Waals surface area (Å²) in [7, 11) is 0. The van der Waals surface area contributed by atoms with Gasteiger partial charge in [-0.2, -0.15) is 0 Å². The molecule has 1 heterocycles. The number of non-ortho nitro benzene ring substituents is 1. The van der Waals surface area contributed by atoms with Gasteiger partial charge in [0.25, 0.3) is 5.69 Å². The molecule has 19 heavy (non-hydrogen) atoms.